The molecule has 2 rings (SSSR count). The number of nitrogens with zero attached hydrogens (tertiary/aromatic N) is 2. The normalized spacial score (nSPS) is 11.2. The zero-order valence-corrected chi connectivity index (χ0v) is 12.4. The van der Waals surface area contributed by atoms with Gasteiger partial charge in [0.2, 0.25) is 0 Å². The molecule has 0 atom stereocenters. The quantitative estimate of drug-likeness (QED) is 0.665. The number of hydrogen-bond donors (Lipinski definition) is 2. The monoisotopic (exact) mass is 278 g/mol. The van der Waals surface area contributed by atoms with Crippen LogP contribution < -0.4 is 5.56 Å². The van der Waals surface area contributed by atoms with Crippen LogP contribution in [0.15, 0.2) is 16.0 Å². The maximum atomic E-state index is 11.4. The molecule has 19 heavy (non-hydrogen) atoms. The standard InChI is InChI=1S/C13H18N4OS/c1-7(2)12-15-9(4)10(16-12)6-19-13-14-8(3)5-11(18)17-13/h5,7H,6H2,1-4H3,(H,15,16)(H,14,17,18). The Hall–Kier alpha value is -1.56. The molecule has 0 bridgehead atoms. The Morgan fingerprint density at radius 3 is 2.58 bits per heavy atom. The highest BCUT2D eigenvalue weighted by atomic mass is 32.2. The van der Waals surface area contributed by atoms with Gasteiger partial charge in [-0.3, -0.25) is 4.79 Å². The van der Waals surface area contributed by atoms with E-state index < -0.39 is 0 Å². The molecule has 0 radical (unpaired) electrons. The molecule has 0 unspecified atom stereocenters. The van der Waals surface area contributed by atoms with Gasteiger partial charge < -0.3 is 9.97 Å². The van der Waals surface area contributed by atoms with Crippen LogP contribution in [0.3, 0.4) is 0 Å². The van der Waals surface area contributed by atoms with Gasteiger partial charge >= 0.3 is 0 Å². The average Bonchev–Trinajstić information content (AvgIpc) is 2.67. The summed E-state index contributed by atoms with van der Waals surface area (Å²) in [6, 6.07) is 1.49. The van der Waals surface area contributed by atoms with Crippen molar-refractivity contribution >= 4 is 11.8 Å². The number of aromatic amines is 2. The first-order chi connectivity index (χ1) is 8.95. The summed E-state index contributed by atoms with van der Waals surface area (Å²) < 4.78 is 0. The van der Waals surface area contributed by atoms with Gasteiger partial charge in [-0.1, -0.05) is 25.6 Å². The minimum Gasteiger partial charge on any atom is -0.346 e. The van der Waals surface area contributed by atoms with Crippen LogP contribution in [0, 0.1) is 13.8 Å². The summed E-state index contributed by atoms with van der Waals surface area (Å²) in [5, 5.41) is 0.637. The third kappa shape index (κ3) is 3.47. The van der Waals surface area contributed by atoms with Gasteiger partial charge in [0.15, 0.2) is 5.16 Å². The van der Waals surface area contributed by atoms with Crippen LogP contribution in [0.1, 0.15) is 42.7 Å². The van der Waals surface area contributed by atoms with Gasteiger partial charge in [0, 0.05) is 29.1 Å². The van der Waals surface area contributed by atoms with Crippen LogP contribution in [0.5, 0.6) is 0 Å². The van der Waals surface area contributed by atoms with Crippen molar-refractivity contribution in [2.45, 2.75) is 44.5 Å². The second kappa shape index (κ2) is 5.61. The van der Waals surface area contributed by atoms with E-state index in [0.29, 0.717) is 16.8 Å². The van der Waals surface area contributed by atoms with Crippen LogP contribution in [0.25, 0.3) is 0 Å². The molecule has 0 aliphatic carbocycles. The van der Waals surface area contributed by atoms with Crippen molar-refractivity contribution in [3.05, 3.63) is 39.3 Å². The van der Waals surface area contributed by atoms with Gasteiger partial charge in [0.05, 0.1) is 5.69 Å². The van der Waals surface area contributed by atoms with Gasteiger partial charge in [-0.2, -0.15) is 0 Å². The fourth-order valence-corrected chi connectivity index (χ4v) is 2.63. The lowest BCUT2D eigenvalue weighted by atomic mass is 10.2. The van der Waals surface area contributed by atoms with Crippen LogP contribution in [0.4, 0.5) is 0 Å². The molecule has 0 aliphatic rings. The molecule has 5 nitrogen and oxygen atoms in total. The Balaban J connectivity index is 2.12. The lowest BCUT2D eigenvalue weighted by molar-refractivity contribution is 0.789. The zero-order valence-electron chi connectivity index (χ0n) is 11.6. The number of hydrogen-bond acceptors (Lipinski definition) is 4. The summed E-state index contributed by atoms with van der Waals surface area (Å²) in [7, 11) is 0. The van der Waals surface area contributed by atoms with Crippen LogP contribution >= 0.6 is 11.8 Å². The van der Waals surface area contributed by atoms with Crippen LogP contribution in [0.2, 0.25) is 0 Å². The van der Waals surface area contributed by atoms with Gasteiger partial charge in [-0.15, -0.1) is 0 Å². The van der Waals surface area contributed by atoms with E-state index in [9.17, 15) is 4.79 Å². The zero-order chi connectivity index (χ0) is 14.0. The lowest BCUT2D eigenvalue weighted by Crippen LogP contribution is -2.08. The predicted molar refractivity (Wildman–Crippen MR) is 76.6 cm³/mol. The summed E-state index contributed by atoms with van der Waals surface area (Å²) in [5.41, 5.74) is 2.70. The predicted octanol–water partition coefficient (Wildman–Crippen LogP) is 2.53. The van der Waals surface area contributed by atoms with Gasteiger partial charge in [-0.05, 0) is 13.8 Å². The molecule has 0 aromatic carbocycles. The largest absolute Gasteiger partial charge is 0.346 e. The molecular weight excluding hydrogens is 260 g/mol. The molecule has 2 heterocycles. The summed E-state index contributed by atoms with van der Waals surface area (Å²) >= 11 is 1.49. The number of rotatable bonds is 4. The molecule has 2 aromatic heterocycles. The first-order valence-electron chi connectivity index (χ1n) is 6.22. The van der Waals surface area contributed by atoms with E-state index in [1.54, 1.807) is 0 Å². The Labute approximate surface area is 116 Å². The minimum absolute atomic E-state index is 0.114. The molecule has 2 aromatic rings. The third-order valence-corrected chi connectivity index (χ3v) is 3.63. The van der Waals surface area contributed by atoms with Crippen LogP contribution in [-0.4, -0.2) is 19.9 Å². The highest BCUT2D eigenvalue weighted by Gasteiger charge is 2.10. The molecule has 6 heteroatoms. The molecule has 0 amide bonds. The topological polar surface area (TPSA) is 74.4 Å². The number of H-pyrrole nitrogens is 2. The highest BCUT2D eigenvalue weighted by Crippen LogP contribution is 2.21. The third-order valence-electron chi connectivity index (χ3n) is 2.74. The number of thioether (sulfide) groups is 1. The van der Waals surface area contributed by atoms with E-state index in [1.165, 1.54) is 17.8 Å². The summed E-state index contributed by atoms with van der Waals surface area (Å²) in [6.07, 6.45) is 0. The second-order valence-corrected chi connectivity index (χ2v) is 5.79. The lowest BCUT2D eigenvalue weighted by Gasteiger charge is -2.00. The van der Waals surface area contributed by atoms with E-state index in [-0.39, 0.29) is 5.56 Å². The number of imidazole rings is 1. The SMILES string of the molecule is Cc1cc(=O)[nH]c(SCc2nc(C(C)C)[nH]c2C)n1. The molecule has 2 N–H and O–H groups in total. The summed E-state index contributed by atoms with van der Waals surface area (Å²) in [4.78, 5) is 26.2. The maximum absolute atomic E-state index is 11.4. The van der Waals surface area contributed by atoms with E-state index in [2.05, 4.69) is 33.8 Å². The fourth-order valence-electron chi connectivity index (χ4n) is 1.69. The molecule has 0 spiro atoms. The van der Waals surface area contributed by atoms with E-state index >= 15 is 0 Å². The smallest absolute Gasteiger partial charge is 0.251 e. The van der Waals surface area contributed by atoms with Crippen molar-refractivity contribution < 1.29 is 0 Å². The molecule has 0 fully saturated rings. The van der Waals surface area contributed by atoms with Crippen molar-refractivity contribution in [1.29, 1.82) is 0 Å². The van der Waals surface area contributed by atoms with Gasteiger partial charge in [0.1, 0.15) is 5.82 Å². The van der Waals surface area contributed by atoms with Crippen molar-refractivity contribution in [3.8, 4) is 0 Å². The first kappa shape index (κ1) is 13.9. The minimum atomic E-state index is -0.114. The van der Waals surface area contributed by atoms with Crippen molar-refractivity contribution in [3.63, 3.8) is 0 Å². The number of aromatic nitrogens is 4. The van der Waals surface area contributed by atoms with E-state index in [1.807, 2.05) is 13.8 Å². The summed E-state index contributed by atoms with van der Waals surface area (Å²) in [5.74, 6) is 2.08. The average molecular weight is 278 g/mol. The second-order valence-electron chi connectivity index (χ2n) is 4.83. The van der Waals surface area contributed by atoms with Gasteiger partial charge in [0.25, 0.3) is 5.56 Å². The summed E-state index contributed by atoms with van der Waals surface area (Å²) in [6.45, 7) is 8.04. The Morgan fingerprint density at radius 1 is 1.26 bits per heavy atom. The molecule has 0 saturated carbocycles. The number of aryl methyl sites for hydroxylation is 2. The Morgan fingerprint density at radius 2 is 2.00 bits per heavy atom. The van der Waals surface area contributed by atoms with Gasteiger partial charge in [-0.25, -0.2) is 9.97 Å². The first-order valence-corrected chi connectivity index (χ1v) is 7.20. The van der Waals surface area contributed by atoms with E-state index in [4.69, 9.17) is 0 Å². The van der Waals surface area contributed by atoms with Crippen LogP contribution in [-0.2, 0) is 5.75 Å². The molecular formula is C13H18N4OS. The van der Waals surface area contributed by atoms with Crippen molar-refractivity contribution in [1.82, 2.24) is 19.9 Å². The molecule has 0 saturated heterocycles. The maximum Gasteiger partial charge on any atom is 0.251 e. The Bertz CT molecular complexity index is 630. The Kier molecular flexibility index (Phi) is 4.09. The van der Waals surface area contributed by atoms with Crippen molar-refractivity contribution in [2.75, 3.05) is 0 Å². The molecule has 102 valence electrons. The van der Waals surface area contributed by atoms with E-state index in [0.717, 1.165) is 22.9 Å². The molecule has 0 aliphatic heterocycles. The van der Waals surface area contributed by atoms with Crippen molar-refractivity contribution in [2.24, 2.45) is 0 Å². The fraction of sp³-hybridized carbons (Fsp3) is 0.462. The highest BCUT2D eigenvalue weighted by molar-refractivity contribution is 7.98. The number of nitrogens with one attached hydrogen (secondary N) is 2.